The first-order chi connectivity index (χ1) is 8.15. The zero-order chi connectivity index (χ0) is 12.8. The SMILES string of the molecule is CCCCc1cc(CC#N)c(Br)c(Br)c1C#N. The standard InChI is InChI=1S/C13H12Br2N2/c1-2-3-4-9-7-10(5-6-16)12(14)13(15)11(9)8-17/h7H,2-5H2,1H3. The zero-order valence-electron chi connectivity index (χ0n) is 9.56. The van der Waals surface area contributed by atoms with Crippen LogP contribution in [0.4, 0.5) is 0 Å². The summed E-state index contributed by atoms with van der Waals surface area (Å²) in [7, 11) is 0. The molecule has 0 heterocycles. The first kappa shape index (κ1) is 14.2. The summed E-state index contributed by atoms with van der Waals surface area (Å²) in [6.45, 7) is 2.12. The number of hydrogen-bond donors (Lipinski definition) is 0. The average Bonchev–Trinajstić information content (AvgIpc) is 2.33. The van der Waals surface area contributed by atoms with Gasteiger partial charge < -0.3 is 0 Å². The second-order valence-corrected chi connectivity index (χ2v) is 5.33. The Morgan fingerprint density at radius 2 is 1.88 bits per heavy atom. The van der Waals surface area contributed by atoms with Gasteiger partial charge in [-0.25, -0.2) is 0 Å². The summed E-state index contributed by atoms with van der Waals surface area (Å²) in [5, 5.41) is 18.0. The number of nitriles is 2. The Labute approximate surface area is 119 Å². The third-order valence-electron chi connectivity index (χ3n) is 2.54. The predicted molar refractivity (Wildman–Crippen MR) is 74.5 cm³/mol. The van der Waals surface area contributed by atoms with E-state index in [0.717, 1.165) is 39.3 Å². The van der Waals surface area contributed by atoms with E-state index in [1.807, 2.05) is 6.07 Å². The average molecular weight is 356 g/mol. The molecule has 0 N–H and O–H groups in total. The summed E-state index contributed by atoms with van der Waals surface area (Å²) in [4.78, 5) is 0. The summed E-state index contributed by atoms with van der Waals surface area (Å²) in [5.74, 6) is 0. The lowest BCUT2D eigenvalue weighted by molar-refractivity contribution is 0.792. The Hall–Kier alpha value is -0.840. The van der Waals surface area contributed by atoms with E-state index in [0.29, 0.717) is 12.0 Å². The van der Waals surface area contributed by atoms with Gasteiger partial charge in [0.25, 0.3) is 0 Å². The molecule has 1 aromatic carbocycles. The van der Waals surface area contributed by atoms with Crippen molar-refractivity contribution in [3.63, 3.8) is 0 Å². The molecule has 88 valence electrons. The maximum absolute atomic E-state index is 9.18. The van der Waals surface area contributed by atoms with Crippen molar-refractivity contribution in [1.82, 2.24) is 0 Å². The third kappa shape index (κ3) is 3.31. The first-order valence-electron chi connectivity index (χ1n) is 5.42. The molecule has 0 unspecified atom stereocenters. The number of halogens is 2. The van der Waals surface area contributed by atoms with Crippen molar-refractivity contribution in [2.24, 2.45) is 0 Å². The molecule has 0 bridgehead atoms. The van der Waals surface area contributed by atoms with Gasteiger partial charge >= 0.3 is 0 Å². The van der Waals surface area contributed by atoms with Crippen LogP contribution < -0.4 is 0 Å². The monoisotopic (exact) mass is 354 g/mol. The van der Waals surface area contributed by atoms with Crippen molar-refractivity contribution in [2.45, 2.75) is 32.6 Å². The molecule has 0 saturated carbocycles. The van der Waals surface area contributed by atoms with Gasteiger partial charge in [-0.2, -0.15) is 10.5 Å². The van der Waals surface area contributed by atoms with E-state index < -0.39 is 0 Å². The van der Waals surface area contributed by atoms with Gasteiger partial charge in [0, 0.05) is 4.47 Å². The number of benzene rings is 1. The number of aryl methyl sites for hydroxylation is 1. The van der Waals surface area contributed by atoms with E-state index in [1.54, 1.807) is 0 Å². The maximum Gasteiger partial charge on any atom is 0.101 e. The Morgan fingerprint density at radius 3 is 2.41 bits per heavy atom. The molecular formula is C13H12Br2N2. The van der Waals surface area contributed by atoms with E-state index in [1.165, 1.54) is 0 Å². The van der Waals surface area contributed by atoms with Crippen molar-refractivity contribution < 1.29 is 0 Å². The van der Waals surface area contributed by atoms with Crippen LogP contribution >= 0.6 is 31.9 Å². The van der Waals surface area contributed by atoms with Crippen LogP contribution in [0.2, 0.25) is 0 Å². The second kappa shape index (κ2) is 6.79. The quantitative estimate of drug-likeness (QED) is 0.798. The van der Waals surface area contributed by atoms with E-state index in [4.69, 9.17) is 5.26 Å². The fourth-order valence-corrected chi connectivity index (χ4v) is 2.69. The molecule has 0 atom stereocenters. The van der Waals surface area contributed by atoms with Crippen LogP contribution in [0.5, 0.6) is 0 Å². The number of rotatable bonds is 4. The molecule has 0 fully saturated rings. The maximum atomic E-state index is 9.18. The fraction of sp³-hybridized carbons (Fsp3) is 0.385. The highest BCUT2D eigenvalue weighted by Crippen LogP contribution is 2.33. The van der Waals surface area contributed by atoms with Gasteiger partial charge in [-0.1, -0.05) is 19.4 Å². The Kier molecular flexibility index (Phi) is 5.68. The van der Waals surface area contributed by atoms with Crippen molar-refractivity contribution in [3.05, 3.63) is 31.7 Å². The van der Waals surface area contributed by atoms with Crippen LogP contribution in [0.25, 0.3) is 0 Å². The molecule has 0 saturated heterocycles. The van der Waals surface area contributed by atoms with Crippen molar-refractivity contribution in [1.29, 1.82) is 10.5 Å². The van der Waals surface area contributed by atoms with Crippen LogP contribution in [0.15, 0.2) is 15.0 Å². The van der Waals surface area contributed by atoms with E-state index >= 15 is 0 Å². The largest absolute Gasteiger partial charge is 0.198 e. The predicted octanol–water partition coefficient (Wildman–Crippen LogP) is 4.49. The van der Waals surface area contributed by atoms with Crippen molar-refractivity contribution in [2.75, 3.05) is 0 Å². The molecule has 0 aliphatic carbocycles. The lowest BCUT2D eigenvalue weighted by atomic mass is 9.99. The van der Waals surface area contributed by atoms with Gasteiger partial charge in [-0.3, -0.25) is 0 Å². The Balaban J connectivity index is 3.28. The smallest absolute Gasteiger partial charge is 0.101 e. The van der Waals surface area contributed by atoms with Gasteiger partial charge in [0.05, 0.1) is 22.5 Å². The highest BCUT2D eigenvalue weighted by atomic mass is 79.9. The minimum Gasteiger partial charge on any atom is -0.198 e. The summed E-state index contributed by atoms with van der Waals surface area (Å²) >= 11 is 6.85. The Bertz CT molecular complexity index is 496. The van der Waals surface area contributed by atoms with Crippen LogP contribution in [-0.4, -0.2) is 0 Å². The van der Waals surface area contributed by atoms with Crippen molar-refractivity contribution >= 4 is 31.9 Å². The number of nitrogens with zero attached hydrogens (tertiary/aromatic N) is 2. The molecule has 4 heteroatoms. The molecule has 0 aliphatic heterocycles. The second-order valence-electron chi connectivity index (χ2n) is 3.75. The van der Waals surface area contributed by atoms with Crippen LogP contribution in [0.1, 0.15) is 36.5 Å². The van der Waals surface area contributed by atoms with Crippen LogP contribution in [-0.2, 0) is 12.8 Å². The van der Waals surface area contributed by atoms with Gasteiger partial charge in [0.2, 0.25) is 0 Å². The highest BCUT2D eigenvalue weighted by molar-refractivity contribution is 9.13. The first-order valence-corrected chi connectivity index (χ1v) is 7.01. The van der Waals surface area contributed by atoms with Crippen LogP contribution in [0.3, 0.4) is 0 Å². The Morgan fingerprint density at radius 1 is 1.18 bits per heavy atom. The molecule has 0 radical (unpaired) electrons. The van der Waals surface area contributed by atoms with E-state index in [9.17, 15) is 5.26 Å². The molecule has 17 heavy (non-hydrogen) atoms. The minimum atomic E-state index is 0.351. The molecule has 2 nitrogen and oxygen atoms in total. The summed E-state index contributed by atoms with van der Waals surface area (Å²) < 4.78 is 1.58. The van der Waals surface area contributed by atoms with E-state index in [2.05, 4.69) is 50.9 Å². The highest BCUT2D eigenvalue weighted by Gasteiger charge is 2.14. The van der Waals surface area contributed by atoms with Gasteiger partial charge in [0.1, 0.15) is 6.07 Å². The normalized spacial score (nSPS) is 9.71. The topological polar surface area (TPSA) is 47.6 Å². The van der Waals surface area contributed by atoms with Gasteiger partial charge in [0.15, 0.2) is 0 Å². The van der Waals surface area contributed by atoms with Crippen molar-refractivity contribution in [3.8, 4) is 12.1 Å². The number of hydrogen-bond acceptors (Lipinski definition) is 2. The number of unbranched alkanes of at least 4 members (excludes halogenated alkanes) is 1. The molecule has 0 aliphatic rings. The summed E-state index contributed by atoms with van der Waals surface area (Å²) in [6, 6.07) is 6.33. The lowest BCUT2D eigenvalue weighted by Crippen LogP contribution is -1.97. The summed E-state index contributed by atoms with van der Waals surface area (Å²) in [6.07, 6.45) is 3.37. The van der Waals surface area contributed by atoms with Crippen LogP contribution in [0, 0.1) is 22.7 Å². The third-order valence-corrected chi connectivity index (χ3v) is 4.78. The zero-order valence-corrected chi connectivity index (χ0v) is 12.7. The molecular weight excluding hydrogens is 344 g/mol. The fourth-order valence-electron chi connectivity index (χ4n) is 1.64. The lowest BCUT2D eigenvalue weighted by Gasteiger charge is -2.10. The van der Waals surface area contributed by atoms with Gasteiger partial charge in [-0.05, 0) is 55.8 Å². The molecule has 1 rings (SSSR count). The van der Waals surface area contributed by atoms with Gasteiger partial charge in [-0.15, -0.1) is 0 Å². The minimum absolute atomic E-state index is 0.351. The molecule has 0 amide bonds. The summed E-state index contributed by atoms with van der Waals surface area (Å²) in [5.41, 5.74) is 2.63. The molecule has 1 aromatic rings. The molecule has 0 spiro atoms. The van der Waals surface area contributed by atoms with E-state index in [-0.39, 0.29) is 0 Å². The molecule has 0 aromatic heterocycles.